The van der Waals surface area contributed by atoms with E-state index in [1.165, 1.54) is 0 Å². The van der Waals surface area contributed by atoms with Gasteiger partial charge in [-0.05, 0) is 95.4 Å². The summed E-state index contributed by atoms with van der Waals surface area (Å²) in [6, 6.07) is 18.5. The third-order valence-electron chi connectivity index (χ3n) is 7.28. The van der Waals surface area contributed by atoms with E-state index in [0.29, 0.717) is 57.0 Å². The van der Waals surface area contributed by atoms with Crippen molar-refractivity contribution in [3.63, 3.8) is 0 Å². The summed E-state index contributed by atoms with van der Waals surface area (Å²) in [6.45, 7) is 6.40. The Balaban J connectivity index is 2.07. The first kappa shape index (κ1) is 33.3. The van der Waals surface area contributed by atoms with Crippen molar-refractivity contribution in [2.45, 2.75) is 51.3 Å². The van der Waals surface area contributed by atoms with Crippen LogP contribution in [0, 0.1) is 0 Å². The Labute approximate surface area is 269 Å². The van der Waals surface area contributed by atoms with E-state index >= 15 is 0 Å². The summed E-state index contributed by atoms with van der Waals surface area (Å²) in [4.78, 5) is 37.6. The molecule has 8 nitrogen and oxygen atoms in total. The van der Waals surface area contributed by atoms with Crippen molar-refractivity contribution >= 4 is 40.9 Å². The van der Waals surface area contributed by atoms with Crippen molar-refractivity contribution in [1.82, 2.24) is 9.80 Å². The number of methoxy groups -OCH3 is 1. The molecule has 4 rings (SSSR count). The molecule has 0 fully saturated rings. The van der Waals surface area contributed by atoms with Crippen molar-refractivity contribution in [1.29, 1.82) is 0 Å². The van der Waals surface area contributed by atoms with Crippen LogP contribution in [0.3, 0.4) is 0 Å². The lowest BCUT2D eigenvalue weighted by atomic mass is 9.79. The Bertz CT molecular complexity index is 1490. The minimum atomic E-state index is -1.67. The Hall–Kier alpha value is -3.59. The molecule has 1 amide bonds. The fraction of sp³-hybridized carbons (Fsp3) is 0.382. The number of halogens is 2. The van der Waals surface area contributed by atoms with Crippen molar-refractivity contribution in [2.24, 2.45) is 4.99 Å². The summed E-state index contributed by atoms with van der Waals surface area (Å²) in [6.07, 6.45) is 0.635. The molecule has 44 heavy (non-hydrogen) atoms. The van der Waals surface area contributed by atoms with Gasteiger partial charge in [0.25, 0.3) is 0 Å². The van der Waals surface area contributed by atoms with Gasteiger partial charge in [0.15, 0.2) is 0 Å². The van der Waals surface area contributed by atoms with Gasteiger partial charge in [0.05, 0.1) is 25.4 Å². The molecular weight excluding hydrogens is 601 g/mol. The highest BCUT2D eigenvalue weighted by atomic mass is 35.5. The molecule has 1 heterocycles. The highest BCUT2D eigenvalue weighted by Gasteiger charge is 2.59. The molecule has 0 aromatic heterocycles. The largest absolute Gasteiger partial charge is 0.497 e. The van der Waals surface area contributed by atoms with E-state index in [1.54, 1.807) is 73.5 Å². The fourth-order valence-electron chi connectivity index (χ4n) is 5.35. The van der Waals surface area contributed by atoms with Crippen LogP contribution in [-0.4, -0.2) is 68.0 Å². The molecule has 0 radical (unpaired) electrons. The maximum Gasteiger partial charge on any atom is 0.341 e. The van der Waals surface area contributed by atoms with E-state index in [9.17, 15) is 9.59 Å². The maximum absolute atomic E-state index is 14.4. The SMILES string of the molecule is CCOC(=O)[C@@]1(c2ccc(Cl)cc2)N=C(c2ccc(OC)cc2OC(C)C)N(C(=O)CCCN(C)C)[C@@H]1c1ccc(Cl)cc1. The number of amides is 1. The maximum atomic E-state index is 14.4. The number of aliphatic imine (C=N–C) groups is 1. The molecule has 0 spiro atoms. The molecule has 1 aliphatic heterocycles. The minimum absolute atomic E-state index is 0.118. The van der Waals surface area contributed by atoms with Gasteiger partial charge in [0, 0.05) is 22.5 Å². The van der Waals surface area contributed by atoms with Gasteiger partial charge < -0.3 is 19.1 Å². The average molecular weight is 641 g/mol. The summed E-state index contributed by atoms with van der Waals surface area (Å²) in [5.74, 6) is 0.548. The minimum Gasteiger partial charge on any atom is -0.497 e. The van der Waals surface area contributed by atoms with Gasteiger partial charge in [-0.15, -0.1) is 0 Å². The highest BCUT2D eigenvalue weighted by molar-refractivity contribution is 6.30. The van der Waals surface area contributed by atoms with Gasteiger partial charge in [0.2, 0.25) is 11.4 Å². The topological polar surface area (TPSA) is 80.7 Å². The number of carbonyl (C=O) groups excluding carboxylic acids is 2. The smallest absolute Gasteiger partial charge is 0.341 e. The van der Waals surface area contributed by atoms with Gasteiger partial charge in [-0.3, -0.25) is 9.69 Å². The van der Waals surface area contributed by atoms with Crippen LogP contribution in [0.15, 0.2) is 71.7 Å². The van der Waals surface area contributed by atoms with Crippen LogP contribution in [0.5, 0.6) is 11.5 Å². The van der Waals surface area contributed by atoms with E-state index in [0.717, 1.165) is 0 Å². The first-order valence-electron chi connectivity index (χ1n) is 14.6. The second-order valence-corrected chi connectivity index (χ2v) is 12.0. The Morgan fingerprint density at radius 1 is 1.00 bits per heavy atom. The normalized spacial score (nSPS) is 18.0. The molecule has 0 aliphatic carbocycles. The molecular formula is C34H39Cl2N3O5. The highest BCUT2D eigenvalue weighted by Crippen LogP contribution is 2.51. The van der Waals surface area contributed by atoms with E-state index in [2.05, 4.69) is 0 Å². The van der Waals surface area contributed by atoms with Gasteiger partial charge >= 0.3 is 5.97 Å². The van der Waals surface area contributed by atoms with Crippen molar-refractivity contribution in [2.75, 3.05) is 34.4 Å². The summed E-state index contributed by atoms with van der Waals surface area (Å²) < 4.78 is 17.5. The fourth-order valence-corrected chi connectivity index (χ4v) is 5.61. The van der Waals surface area contributed by atoms with Crippen LogP contribution in [-0.2, 0) is 19.9 Å². The van der Waals surface area contributed by atoms with Crippen molar-refractivity contribution in [3.8, 4) is 11.5 Å². The van der Waals surface area contributed by atoms with E-state index < -0.39 is 17.6 Å². The quantitative estimate of drug-likeness (QED) is 0.200. The van der Waals surface area contributed by atoms with E-state index in [4.69, 9.17) is 42.4 Å². The first-order valence-corrected chi connectivity index (χ1v) is 15.4. The molecule has 3 aromatic rings. The van der Waals surface area contributed by atoms with Crippen LogP contribution >= 0.6 is 23.2 Å². The third-order valence-corrected chi connectivity index (χ3v) is 7.78. The van der Waals surface area contributed by atoms with Gasteiger partial charge in [-0.2, -0.15) is 0 Å². The second-order valence-electron chi connectivity index (χ2n) is 11.1. The third kappa shape index (κ3) is 7.04. The number of benzene rings is 3. The Morgan fingerprint density at radius 2 is 1.64 bits per heavy atom. The number of ether oxygens (including phenoxy) is 3. The zero-order valence-corrected chi connectivity index (χ0v) is 27.5. The van der Waals surface area contributed by atoms with Crippen LogP contribution < -0.4 is 9.47 Å². The first-order chi connectivity index (χ1) is 21.0. The van der Waals surface area contributed by atoms with Crippen LogP contribution in [0.4, 0.5) is 0 Å². The lowest BCUT2D eigenvalue weighted by molar-refractivity contribution is -0.152. The monoisotopic (exact) mass is 639 g/mol. The van der Waals surface area contributed by atoms with Crippen LogP contribution in [0.25, 0.3) is 0 Å². The van der Waals surface area contributed by atoms with E-state index in [1.807, 2.05) is 45.0 Å². The molecule has 0 saturated heterocycles. The van der Waals surface area contributed by atoms with Crippen LogP contribution in [0.2, 0.25) is 10.0 Å². The Kier molecular flexibility index (Phi) is 10.9. The number of nitrogens with zero attached hydrogens (tertiary/aromatic N) is 3. The number of hydrogen-bond acceptors (Lipinski definition) is 7. The van der Waals surface area contributed by atoms with Crippen molar-refractivity contribution in [3.05, 3.63) is 93.5 Å². The van der Waals surface area contributed by atoms with Gasteiger partial charge in [-0.1, -0.05) is 47.5 Å². The lowest BCUT2D eigenvalue weighted by Gasteiger charge is -2.36. The summed E-state index contributed by atoms with van der Waals surface area (Å²) >= 11 is 12.6. The molecule has 0 bridgehead atoms. The molecule has 3 aromatic carbocycles. The Morgan fingerprint density at radius 3 is 2.20 bits per heavy atom. The summed E-state index contributed by atoms with van der Waals surface area (Å²) in [7, 11) is 5.50. The average Bonchev–Trinajstić information content (AvgIpc) is 3.34. The van der Waals surface area contributed by atoms with Gasteiger partial charge in [0.1, 0.15) is 23.4 Å². The molecule has 0 unspecified atom stereocenters. The number of carbonyl (C=O) groups is 2. The predicted octanol–water partition coefficient (Wildman–Crippen LogP) is 6.92. The number of esters is 1. The second kappa shape index (κ2) is 14.5. The van der Waals surface area contributed by atoms with Gasteiger partial charge in [-0.25, -0.2) is 9.79 Å². The summed E-state index contributed by atoms with van der Waals surface area (Å²) in [5, 5.41) is 1.02. The predicted molar refractivity (Wildman–Crippen MR) is 174 cm³/mol. The lowest BCUT2D eigenvalue weighted by Crippen LogP contribution is -2.46. The standard InChI is InChI=1S/C34H39Cl2N3O5/c1-7-43-33(41)34(24-12-16-26(36)17-13-24)31(23-10-14-25(35)15-11-23)39(30(40)9-8-20-38(4)5)32(37-34)28-19-18-27(42-6)21-29(28)44-22(2)3/h10-19,21-22,31H,7-9,20H2,1-6H3/t31-,34+/m1/s1. The van der Waals surface area contributed by atoms with E-state index in [-0.39, 0.29) is 25.0 Å². The number of amidine groups is 1. The molecule has 2 atom stereocenters. The number of rotatable bonds is 12. The van der Waals surface area contributed by atoms with Crippen LogP contribution in [0.1, 0.15) is 56.3 Å². The zero-order valence-electron chi connectivity index (χ0n) is 26.0. The summed E-state index contributed by atoms with van der Waals surface area (Å²) in [5.41, 5.74) is 0.0634. The molecule has 10 heteroatoms. The number of hydrogen-bond donors (Lipinski definition) is 0. The molecule has 234 valence electrons. The molecule has 0 N–H and O–H groups in total. The molecule has 0 saturated carbocycles. The van der Waals surface area contributed by atoms with Crippen molar-refractivity contribution < 1.29 is 23.8 Å². The molecule has 1 aliphatic rings. The zero-order chi connectivity index (χ0) is 32.0.